The van der Waals surface area contributed by atoms with E-state index in [0.717, 1.165) is 5.82 Å². The second-order valence-corrected chi connectivity index (χ2v) is 6.40. The van der Waals surface area contributed by atoms with Crippen molar-refractivity contribution in [1.82, 2.24) is 20.4 Å². The van der Waals surface area contributed by atoms with Gasteiger partial charge in [-0.2, -0.15) is 0 Å². The van der Waals surface area contributed by atoms with E-state index in [1.807, 2.05) is 17.8 Å². The molecule has 0 aliphatic heterocycles. The first-order valence-corrected chi connectivity index (χ1v) is 9.14. The molecule has 1 heterocycles. The van der Waals surface area contributed by atoms with Gasteiger partial charge in [0.25, 0.3) is 11.8 Å². The first kappa shape index (κ1) is 20.8. The SMILES string of the molecule is CC(Oc1ccccc1F)C(=O)NNC(=O)c1ccc(OCc2nccn2C)cc1. The molecule has 0 radical (unpaired) electrons. The summed E-state index contributed by atoms with van der Waals surface area (Å²) in [7, 11) is 1.87. The Hall–Kier alpha value is -3.88. The van der Waals surface area contributed by atoms with Crippen molar-refractivity contribution in [3.05, 3.63) is 78.1 Å². The van der Waals surface area contributed by atoms with Crippen LogP contribution < -0.4 is 20.3 Å². The number of amides is 2. The number of nitrogens with zero attached hydrogens (tertiary/aromatic N) is 2. The summed E-state index contributed by atoms with van der Waals surface area (Å²) in [5, 5.41) is 0. The van der Waals surface area contributed by atoms with Crippen molar-refractivity contribution in [3.63, 3.8) is 0 Å². The van der Waals surface area contributed by atoms with Crippen LogP contribution in [0.3, 0.4) is 0 Å². The molecule has 3 rings (SSSR count). The minimum Gasteiger partial charge on any atom is -0.486 e. The van der Waals surface area contributed by atoms with E-state index in [4.69, 9.17) is 9.47 Å². The molecule has 9 heteroatoms. The third-order valence-electron chi connectivity index (χ3n) is 4.21. The summed E-state index contributed by atoms with van der Waals surface area (Å²) in [5.41, 5.74) is 4.87. The van der Waals surface area contributed by atoms with Gasteiger partial charge in [-0.25, -0.2) is 9.37 Å². The Labute approximate surface area is 172 Å². The number of aryl methyl sites for hydroxylation is 1. The Bertz CT molecular complexity index is 1020. The zero-order valence-electron chi connectivity index (χ0n) is 16.5. The minimum absolute atomic E-state index is 0.0485. The zero-order chi connectivity index (χ0) is 21.5. The standard InChI is InChI=1S/C21H21FN4O4/c1-14(30-18-6-4-3-5-17(18)22)20(27)24-25-21(28)15-7-9-16(10-8-15)29-13-19-23-11-12-26(19)2/h3-12,14H,13H2,1-2H3,(H,24,27)(H,25,28). The number of benzene rings is 2. The summed E-state index contributed by atoms with van der Waals surface area (Å²) in [6, 6.07) is 12.2. The summed E-state index contributed by atoms with van der Waals surface area (Å²) < 4.78 is 26.3. The molecule has 0 fully saturated rings. The lowest BCUT2D eigenvalue weighted by Crippen LogP contribution is -2.47. The van der Waals surface area contributed by atoms with E-state index < -0.39 is 23.7 Å². The number of para-hydroxylation sites is 1. The van der Waals surface area contributed by atoms with Crippen molar-refractivity contribution >= 4 is 11.8 Å². The van der Waals surface area contributed by atoms with Crippen molar-refractivity contribution in [2.75, 3.05) is 0 Å². The first-order valence-electron chi connectivity index (χ1n) is 9.14. The first-order chi connectivity index (χ1) is 14.4. The molecule has 2 aromatic carbocycles. The van der Waals surface area contributed by atoms with Crippen molar-refractivity contribution < 1.29 is 23.5 Å². The fourth-order valence-corrected chi connectivity index (χ4v) is 2.46. The maximum atomic E-state index is 13.6. The third-order valence-corrected chi connectivity index (χ3v) is 4.21. The Morgan fingerprint density at radius 1 is 1.13 bits per heavy atom. The summed E-state index contributed by atoms with van der Waals surface area (Å²) in [4.78, 5) is 28.4. The summed E-state index contributed by atoms with van der Waals surface area (Å²) in [6.45, 7) is 1.74. The normalized spacial score (nSPS) is 11.4. The van der Waals surface area contributed by atoms with Crippen LogP contribution in [0.4, 0.5) is 4.39 Å². The van der Waals surface area contributed by atoms with Crippen molar-refractivity contribution in [2.45, 2.75) is 19.6 Å². The van der Waals surface area contributed by atoms with Crippen LogP contribution in [-0.2, 0) is 18.4 Å². The number of halogens is 1. The van der Waals surface area contributed by atoms with Crippen molar-refractivity contribution in [2.24, 2.45) is 7.05 Å². The third kappa shape index (κ3) is 5.34. The van der Waals surface area contributed by atoms with Gasteiger partial charge in [-0.05, 0) is 43.3 Å². The molecule has 156 valence electrons. The van der Waals surface area contributed by atoms with Gasteiger partial charge in [-0.3, -0.25) is 20.4 Å². The molecule has 0 saturated carbocycles. The van der Waals surface area contributed by atoms with Crippen molar-refractivity contribution in [3.8, 4) is 11.5 Å². The number of aromatic nitrogens is 2. The number of carbonyl (C=O) groups is 2. The molecule has 0 aliphatic carbocycles. The smallest absolute Gasteiger partial charge is 0.279 e. The largest absolute Gasteiger partial charge is 0.486 e. The maximum absolute atomic E-state index is 13.6. The van der Waals surface area contributed by atoms with E-state index >= 15 is 0 Å². The molecule has 0 spiro atoms. The van der Waals surface area contributed by atoms with Crippen LogP contribution in [-0.4, -0.2) is 27.5 Å². The van der Waals surface area contributed by atoms with Gasteiger partial charge in [0.2, 0.25) is 0 Å². The molecule has 1 unspecified atom stereocenters. The average Bonchev–Trinajstić information content (AvgIpc) is 3.17. The molecule has 0 bridgehead atoms. The Morgan fingerprint density at radius 3 is 2.53 bits per heavy atom. The lowest BCUT2D eigenvalue weighted by molar-refractivity contribution is -0.128. The maximum Gasteiger partial charge on any atom is 0.279 e. The van der Waals surface area contributed by atoms with E-state index in [9.17, 15) is 14.0 Å². The number of hydrogen-bond donors (Lipinski definition) is 2. The minimum atomic E-state index is -1.01. The second kappa shape index (κ2) is 9.55. The predicted molar refractivity (Wildman–Crippen MR) is 106 cm³/mol. The van der Waals surface area contributed by atoms with Gasteiger partial charge < -0.3 is 14.0 Å². The fraction of sp³-hybridized carbons (Fsp3) is 0.190. The molecular formula is C21H21FN4O4. The zero-order valence-corrected chi connectivity index (χ0v) is 16.5. The van der Waals surface area contributed by atoms with E-state index in [2.05, 4.69) is 15.8 Å². The van der Waals surface area contributed by atoms with Crippen LogP contribution >= 0.6 is 0 Å². The van der Waals surface area contributed by atoms with E-state index in [0.29, 0.717) is 17.9 Å². The number of nitrogens with one attached hydrogen (secondary N) is 2. The summed E-state index contributed by atoms with van der Waals surface area (Å²) >= 11 is 0. The number of hydrogen-bond acceptors (Lipinski definition) is 5. The summed E-state index contributed by atoms with van der Waals surface area (Å²) in [6.07, 6.45) is 2.50. The molecule has 8 nitrogen and oxygen atoms in total. The van der Waals surface area contributed by atoms with Crippen LogP contribution in [0.1, 0.15) is 23.1 Å². The monoisotopic (exact) mass is 412 g/mol. The number of hydrazine groups is 1. The molecular weight excluding hydrogens is 391 g/mol. The van der Waals surface area contributed by atoms with E-state index in [-0.39, 0.29) is 5.75 Å². The van der Waals surface area contributed by atoms with Gasteiger partial charge in [0.05, 0.1) is 0 Å². The fourth-order valence-electron chi connectivity index (χ4n) is 2.46. The Morgan fingerprint density at radius 2 is 1.87 bits per heavy atom. The van der Waals surface area contributed by atoms with E-state index in [1.54, 1.807) is 36.5 Å². The van der Waals surface area contributed by atoms with Gasteiger partial charge in [-0.15, -0.1) is 0 Å². The number of carbonyl (C=O) groups excluding carboxylic acids is 2. The lowest BCUT2D eigenvalue weighted by Gasteiger charge is -2.15. The van der Waals surface area contributed by atoms with Crippen molar-refractivity contribution in [1.29, 1.82) is 0 Å². The molecule has 2 N–H and O–H groups in total. The number of imidazole rings is 1. The van der Waals surface area contributed by atoms with Gasteiger partial charge >= 0.3 is 0 Å². The molecule has 3 aromatic rings. The molecule has 2 amide bonds. The van der Waals surface area contributed by atoms with Gasteiger partial charge in [-0.1, -0.05) is 12.1 Å². The number of rotatable bonds is 7. The highest BCUT2D eigenvalue weighted by molar-refractivity contribution is 5.95. The molecule has 0 aliphatic rings. The average molecular weight is 412 g/mol. The van der Waals surface area contributed by atoms with Gasteiger partial charge in [0, 0.05) is 25.0 Å². The Kier molecular flexibility index (Phi) is 6.63. The highest BCUT2D eigenvalue weighted by Gasteiger charge is 2.17. The van der Waals surface area contributed by atoms with Gasteiger partial charge in [0.15, 0.2) is 17.7 Å². The summed E-state index contributed by atoms with van der Waals surface area (Å²) in [5.74, 6) is -0.422. The van der Waals surface area contributed by atoms with Crippen LogP contribution in [0.15, 0.2) is 60.9 Å². The predicted octanol–water partition coefficient (Wildman–Crippen LogP) is 2.37. The topological polar surface area (TPSA) is 94.5 Å². The molecule has 1 aromatic heterocycles. The molecule has 30 heavy (non-hydrogen) atoms. The van der Waals surface area contributed by atoms with Crippen LogP contribution in [0.2, 0.25) is 0 Å². The van der Waals surface area contributed by atoms with Crippen LogP contribution in [0, 0.1) is 5.82 Å². The quantitative estimate of drug-likeness (QED) is 0.581. The second-order valence-electron chi connectivity index (χ2n) is 6.40. The molecule has 0 saturated heterocycles. The van der Waals surface area contributed by atoms with E-state index in [1.165, 1.54) is 25.1 Å². The lowest BCUT2D eigenvalue weighted by atomic mass is 10.2. The van der Waals surface area contributed by atoms with Crippen LogP contribution in [0.25, 0.3) is 0 Å². The van der Waals surface area contributed by atoms with Crippen LogP contribution in [0.5, 0.6) is 11.5 Å². The molecule has 1 atom stereocenters. The highest BCUT2D eigenvalue weighted by Crippen LogP contribution is 2.17. The Balaban J connectivity index is 1.47. The number of ether oxygens (including phenoxy) is 2. The highest BCUT2D eigenvalue weighted by atomic mass is 19.1. The van der Waals surface area contributed by atoms with Gasteiger partial charge in [0.1, 0.15) is 18.2 Å².